The summed E-state index contributed by atoms with van der Waals surface area (Å²) in [5.41, 5.74) is 7.72. The Morgan fingerprint density at radius 2 is 1.31 bits per heavy atom. The molecule has 0 unspecified atom stereocenters. The number of hydrogen-bond donors (Lipinski definition) is 1. The van der Waals surface area contributed by atoms with Crippen molar-refractivity contribution < 1.29 is 4.79 Å². The highest BCUT2D eigenvalue weighted by molar-refractivity contribution is 5.90. The molecule has 3 nitrogen and oxygen atoms in total. The first-order valence-electron chi connectivity index (χ1n) is 10.5. The van der Waals surface area contributed by atoms with E-state index in [9.17, 15) is 4.79 Å². The van der Waals surface area contributed by atoms with E-state index in [-0.39, 0.29) is 5.91 Å². The molecule has 0 fully saturated rings. The Hall–Kier alpha value is -3.07. The molecule has 2 heterocycles. The monoisotopic (exact) mass is 382 g/mol. The number of carbonyl (C=O) groups is 1. The Bertz CT molecular complexity index is 957. The van der Waals surface area contributed by atoms with Crippen molar-refractivity contribution in [3.8, 4) is 0 Å². The lowest BCUT2D eigenvalue weighted by Gasteiger charge is -2.43. The molecule has 1 amide bonds. The van der Waals surface area contributed by atoms with E-state index in [1.807, 2.05) is 0 Å². The Morgan fingerprint density at radius 1 is 0.828 bits per heavy atom. The van der Waals surface area contributed by atoms with Crippen LogP contribution >= 0.6 is 0 Å². The van der Waals surface area contributed by atoms with Gasteiger partial charge in [-0.2, -0.15) is 0 Å². The van der Waals surface area contributed by atoms with Crippen LogP contribution in [0.15, 0.2) is 72.8 Å². The molecule has 0 bridgehead atoms. The maximum atomic E-state index is 11.8. The molecule has 3 aromatic rings. The van der Waals surface area contributed by atoms with Gasteiger partial charge in [0.1, 0.15) is 0 Å². The fourth-order valence-corrected chi connectivity index (χ4v) is 5.13. The van der Waals surface area contributed by atoms with Crippen LogP contribution in [0.5, 0.6) is 0 Å². The molecule has 1 N–H and O–H groups in total. The average molecular weight is 383 g/mol. The summed E-state index contributed by atoms with van der Waals surface area (Å²) < 4.78 is 0. The van der Waals surface area contributed by atoms with Gasteiger partial charge in [-0.15, -0.1) is 0 Å². The molecule has 0 aliphatic carbocycles. The molecule has 0 spiro atoms. The van der Waals surface area contributed by atoms with Gasteiger partial charge in [-0.25, -0.2) is 0 Å². The second-order valence-corrected chi connectivity index (χ2v) is 8.18. The van der Waals surface area contributed by atoms with Crippen LogP contribution < -0.4 is 10.2 Å². The lowest BCUT2D eigenvalue weighted by Crippen LogP contribution is -2.37. The molecule has 2 aliphatic heterocycles. The van der Waals surface area contributed by atoms with Gasteiger partial charge in [0, 0.05) is 43.2 Å². The van der Waals surface area contributed by atoms with E-state index in [2.05, 4.69) is 83.0 Å². The predicted molar refractivity (Wildman–Crippen MR) is 119 cm³/mol. The molecule has 0 saturated carbocycles. The zero-order chi connectivity index (χ0) is 19.8. The van der Waals surface area contributed by atoms with Crippen LogP contribution in [0.3, 0.4) is 0 Å². The van der Waals surface area contributed by atoms with Crippen LogP contribution in [0.4, 0.5) is 11.4 Å². The molecule has 0 aromatic heterocycles. The molecule has 3 heteroatoms. The summed E-state index contributed by atoms with van der Waals surface area (Å²) >= 11 is 0. The molecular formula is C26H26N2O. The summed E-state index contributed by atoms with van der Waals surface area (Å²) in [5.74, 6) is 0.710. The van der Waals surface area contributed by atoms with Crippen molar-refractivity contribution in [2.45, 2.75) is 31.6 Å². The van der Waals surface area contributed by atoms with Crippen molar-refractivity contribution in [2.75, 3.05) is 23.3 Å². The van der Waals surface area contributed by atoms with Crippen LogP contribution in [0.2, 0.25) is 0 Å². The number of amides is 1. The summed E-state index contributed by atoms with van der Waals surface area (Å²) in [6.07, 6.45) is 2.21. The van der Waals surface area contributed by atoms with E-state index in [0.717, 1.165) is 31.6 Å². The van der Waals surface area contributed by atoms with E-state index in [4.69, 9.17) is 0 Å². The van der Waals surface area contributed by atoms with Crippen LogP contribution in [0, 0.1) is 0 Å². The number of carbonyl (C=O) groups excluding carboxylic acids is 1. The van der Waals surface area contributed by atoms with Crippen molar-refractivity contribution >= 4 is 17.3 Å². The topological polar surface area (TPSA) is 32.3 Å². The molecule has 29 heavy (non-hydrogen) atoms. The molecule has 2 aliphatic rings. The first-order valence-corrected chi connectivity index (χ1v) is 10.5. The van der Waals surface area contributed by atoms with Crippen molar-refractivity contribution in [1.82, 2.24) is 0 Å². The van der Waals surface area contributed by atoms with E-state index in [1.165, 1.54) is 27.9 Å². The number of hydrogen-bond acceptors (Lipinski definition) is 2. The number of nitrogens with one attached hydrogen (secondary N) is 1. The molecular weight excluding hydrogens is 356 g/mol. The van der Waals surface area contributed by atoms with Gasteiger partial charge in [0.05, 0.1) is 0 Å². The summed E-state index contributed by atoms with van der Waals surface area (Å²) in [5, 5.41) is 3.06. The van der Waals surface area contributed by atoms with E-state index >= 15 is 0 Å². The smallest absolute Gasteiger partial charge is 0.221 e. The third-order valence-electron chi connectivity index (χ3n) is 6.34. The Morgan fingerprint density at radius 3 is 1.76 bits per heavy atom. The molecule has 0 radical (unpaired) electrons. The molecule has 146 valence electrons. The number of rotatable bonds is 3. The number of benzene rings is 3. The van der Waals surface area contributed by atoms with Crippen molar-refractivity contribution in [2.24, 2.45) is 0 Å². The summed E-state index contributed by atoms with van der Waals surface area (Å²) in [6.45, 7) is 3.75. The fourth-order valence-electron chi connectivity index (χ4n) is 5.13. The zero-order valence-corrected chi connectivity index (χ0v) is 16.8. The minimum Gasteiger partial charge on any atom is -0.371 e. The predicted octanol–water partition coefficient (Wildman–Crippen LogP) is 5.52. The molecule has 5 rings (SSSR count). The van der Waals surface area contributed by atoms with Gasteiger partial charge < -0.3 is 10.2 Å². The quantitative estimate of drug-likeness (QED) is 0.647. The van der Waals surface area contributed by atoms with E-state index < -0.39 is 0 Å². The zero-order valence-electron chi connectivity index (χ0n) is 16.8. The van der Waals surface area contributed by atoms with Gasteiger partial charge in [-0.1, -0.05) is 60.7 Å². The summed E-state index contributed by atoms with van der Waals surface area (Å²) in [7, 11) is 0. The minimum absolute atomic E-state index is 0.0202. The molecule has 0 saturated heterocycles. The summed E-state index contributed by atoms with van der Waals surface area (Å²) in [6, 6.07) is 26.0. The van der Waals surface area contributed by atoms with Crippen molar-refractivity contribution in [3.63, 3.8) is 0 Å². The highest BCUT2D eigenvalue weighted by atomic mass is 16.1. The van der Waals surface area contributed by atoms with Gasteiger partial charge >= 0.3 is 0 Å². The maximum Gasteiger partial charge on any atom is 0.221 e. The average Bonchev–Trinajstić information content (AvgIpc) is 2.75. The molecule has 3 aromatic carbocycles. The molecule has 2 atom stereocenters. The lowest BCUT2D eigenvalue weighted by atomic mass is 9.76. The van der Waals surface area contributed by atoms with Crippen molar-refractivity contribution in [1.29, 1.82) is 0 Å². The van der Waals surface area contributed by atoms with Crippen LogP contribution in [0.1, 0.15) is 53.9 Å². The van der Waals surface area contributed by atoms with Gasteiger partial charge in [-0.3, -0.25) is 4.79 Å². The lowest BCUT2D eigenvalue weighted by molar-refractivity contribution is -0.114. The van der Waals surface area contributed by atoms with E-state index in [1.54, 1.807) is 6.92 Å². The normalized spacial score (nSPS) is 20.1. The van der Waals surface area contributed by atoms with Crippen LogP contribution in [-0.4, -0.2) is 19.0 Å². The van der Waals surface area contributed by atoms with Gasteiger partial charge in [-0.05, 0) is 47.2 Å². The second-order valence-electron chi connectivity index (χ2n) is 8.18. The van der Waals surface area contributed by atoms with Gasteiger partial charge in [0.2, 0.25) is 5.91 Å². The highest BCUT2D eigenvalue weighted by Gasteiger charge is 2.35. The fraction of sp³-hybridized carbons (Fsp3) is 0.269. The first-order chi connectivity index (χ1) is 14.2. The first kappa shape index (κ1) is 18.0. The standard InChI is InChI=1S/C26H26N2O/c1-18(29)27-21-16-24-22(19-8-4-2-5-9-19)12-14-28-15-13-23(25(17-21)26(24)28)20-10-6-3-7-11-20/h2-11,16-17,22-23H,12-15H2,1H3,(H,27,29)/t22-,23-/m1/s1. The van der Waals surface area contributed by atoms with Gasteiger partial charge in [0.15, 0.2) is 0 Å². The van der Waals surface area contributed by atoms with E-state index in [0.29, 0.717) is 11.8 Å². The Kier molecular flexibility index (Phi) is 4.59. The Labute approximate surface area is 172 Å². The largest absolute Gasteiger partial charge is 0.371 e. The third-order valence-corrected chi connectivity index (χ3v) is 6.34. The highest BCUT2D eigenvalue weighted by Crippen LogP contribution is 2.49. The maximum absolute atomic E-state index is 11.8. The van der Waals surface area contributed by atoms with Crippen LogP contribution in [-0.2, 0) is 4.79 Å². The SMILES string of the molecule is CC(=O)Nc1cc2c3c(c1)[C@@H](c1ccccc1)CCN3CC[C@@H]2c1ccccc1. The third kappa shape index (κ3) is 3.31. The van der Waals surface area contributed by atoms with Gasteiger partial charge in [0.25, 0.3) is 0 Å². The number of anilines is 2. The van der Waals surface area contributed by atoms with Crippen molar-refractivity contribution in [3.05, 3.63) is 95.1 Å². The van der Waals surface area contributed by atoms with Crippen LogP contribution in [0.25, 0.3) is 0 Å². The number of nitrogens with zero attached hydrogens (tertiary/aromatic N) is 1. The Balaban J connectivity index is 1.69. The minimum atomic E-state index is -0.0202. The second kappa shape index (κ2) is 7.40. The summed E-state index contributed by atoms with van der Waals surface area (Å²) in [4.78, 5) is 14.4.